The highest BCUT2D eigenvalue weighted by atomic mass is 32.2. The van der Waals surface area contributed by atoms with E-state index in [1.165, 1.54) is 18.3 Å². The van der Waals surface area contributed by atoms with Gasteiger partial charge in [-0.1, -0.05) is 30.3 Å². The van der Waals surface area contributed by atoms with Gasteiger partial charge in [-0.15, -0.1) is 11.8 Å². The molecule has 0 radical (unpaired) electrons. The van der Waals surface area contributed by atoms with E-state index >= 15 is 4.39 Å². The van der Waals surface area contributed by atoms with E-state index < -0.39 is 42.1 Å². The van der Waals surface area contributed by atoms with Crippen LogP contribution in [0.25, 0.3) is 0 Å². The fraction of sp³-hybridized carbons (Fsp3) is 0.345. The van der Waals surface area contributed by atoms with E-state index in [0.717, 1.165) is 36.0 Å². The highest BCUT2D eigenvalue weighted by molar-refractivity contribution is 7.98. The number of carbonyl (C=O) groups is 2. The van der Waals surface area contributed by atoms with E-state index in [0.29, 0.717) is 17.9 Å². The largest absolute Gasteiger partial charge is 0.510 e. The van der Waals surface area contributed by atoms with Crippen molar-refractivity contribution in [2.75, 3.05) is 32.1 Å². The van der Waals surface area contributed by atoms with E-state index in [9.17, 15) is 14.4 Å². The number of amides is 1. The number of aromatic nitrogens is 1. The van der Waals surface area contributed by atoms with Gasteiger partial charge in [-0.2, -0.15) is 0 Å². The Labute approximate surface area is 238 Å². The summed E-state index contributed by atoms with van der Waals surface area (Å²) in [5, 5.41) is 1.91. The molecule has 212 valence electrons. The van der Waals surface area contributed by atoms with Crippen LogP contribution < -0.4 is 15.2 Å². The first-order valence-electron chi connectivity index (χ1n) is 13.2. The molecule has 41 heavy (non-hydrogen) atoms. The van der Waals surface area contributed by atoms with Gasteiger partial charge < -0.3 is 23.8 Å². The first-order chi connectivity index (χ1) is 19.9. The third-order valence-corrected chi connectivity index (χ3v) is 9.18. The van der Waals surface area contributed by atoms with Gasteiger partial charge in [-0.3, -0.25) is 19.3 Å². The Bertz CT molecular complexity index is 1620. The Morgan fingerprint density at radius 3 is 2.78 bits per heavy atom. The van der Waals surface area contributed by atoms with Crippen LogP contribution in [0.5, 0.6) is 5.75 Å². The Morgan fingerprint density at radius 2 is 1.98 bits per heavy atom. The van der Waals surface area contributed by atoms with E-state index in [1.54, 1.807) is 27.4 Å². The smallest absolute Gasteiger partial charge is 0.451 e. The van der Waals surface area contributed by atoms with Gasteiger partial charge in [0.25, 0.3) is 5.91 Å². The number of methoxy groups -OCH3 is 1. The molecule has 1 amide bonds. The summed E-state index contributed by atoms with van der Waals surface area (Å²) in [7, 11) is 1.15. The number of thioether (sulfide) groups is 1. The zero-order valence-corrected chi connectivity index (χ0v) is 22.9. The Kier molecular flexibility index (Phi) is 6.20. The molecule has 3 aliphatic heterocycles. The molecule has 10 nitrogen and oxygen atoms in total. The summed E-state index contributed by atoms with van der Waals surface area (Å²) in [6, 6.07) is 13.5. The second kappa shape index (κ2) is 9.81. The zero-order chi connectivity index (χ0) is 28.3. The molecule has 1 aliphatic carbocycles. The van der Waals surface area contributed by atoms with E-state index in [1.807, 2.05) is 35.3 Å². The van der Waals surface area contributed by atoms with Crippen molar-refractivity contribution in [1.29, 1.82) is 0 Å². The zero-order valence-electron chi connectivity index (χ0n) is 22.1. The highest BCUT2D eigenvalue weighted by Crippen LogP contribution is 2.48. The topological polar surface area (TPSA) is 99.5 Å². The number of benzene rings is 2. The summed E-state index contributed by atoms with van der Waals surface area (Å²) < 4.78 is 38.7. The minimum atomic E-state index is -0.994. The van der Waals surface area contributed by atoms with Crippen LogP contribution in [-0.4, -0.2) is 60.5 Å². The summed E-state index contributed by atoms with van der Waals surface area (Å²) in [4.78, 5) is 41.4. The van der Waals surface area contributed by atoms with Crippen LogP contribution in [0.15, 0.2) is 64.4 Å². The number of rotatable bonds is 4. The average molecular weight is 580 g/mol. The highest BCUT2D eigenvalue weighted by Gasteiger charge is 2.56. The van der Waals surface area contributed by atoms with Gasteiger partial charge >= 0.3 is 6.16 Å². The maximum Gasteiger partial charge on any atom is 0.510 e. The van der Waals surface area contributed by atoms with E-state index in [-0.39, 0.29) is 23.9 Å². The molecule has 0 N–H and O–H groups in total. The van der Waals surface area contributed by atoms with Crippen LogP contribution in [0.1, 0.15) is 46.1 Å². The van der Waals surface area contributed by atoms with Crippen LogP contribution in [0.4, 0.5) is 9.18 Å². The molecule has 0 unspecified atom stereocenters. The number of halogens is 1. The van der Waals surface area contributed by atoms with Gasteiger partial charge in [0.05, 0.1) is 25.9 Å². The molecule has 1 spiro atoms. The molecular formula is C29H26FN3O7S. The van der Waals surface area contributed by atoms with E-state index in [2.05, 4.69) is 4.74 Å². The number of hydrogen-bond acceptors (Lipinski definition) is 9. The third kappa shape index (κ3) is 4.24. The summed E-state index contributed by atoms with van der Waals surface area (Å²) in [6.07, 6.45) is 1.55. The maximum absolute atomic E-state index is 15.9. The van der Waals surface area contributed by atoms with Crippen LogP contribution in [-0.2, 0) is 20.0 Å². The number of pyridine rings is 1. The standard InChI is InChI=1S/C29H26FN3O7S/c1-37-28(36)39-16-38-26-20(34)9-12-32-25(26)27(35)31-15-29(10-11-29)40-13-22(31)33(32)24-18-6-2-3-8-21(18)41-14-17-5-4-7-19(30)23(17)24/h2-9,12,22,24H,10-11,13-16H2,1H3/t22-,24-/m1/s1. The summed E-state index contributed by atoms with van der Waals surface area (Å²) in [5.41, 5.74) is 1.17. The fourth-order valence-electron chi connectivity index (χ4n) is 5.92. The number of fused-ring (bicyclic) bond motifs is 4. The van der Waals surface area contributed by atoms with Crippen molar-refractivity contribution >= 4 is 23.8 Å². The molecule has 0 bridgehead atoms. The molecule has 2 atom stereocenters. The van der Waals surface area contributed by atoms with Gasteiger partial charge in [0.15, 0.2) is 5.69 Å². The second-order valence-corrected chi connectivity index (χ2v) is 11.4. The molecule has 4 heterocycles. The predicted molar refractivity (Wildman–Crippen MR) is 145 cm³/mol. The van der Waals surface area contributed by atoms with Crippen molar-refractivity contribution in [2.45, 2.75) is 41.3 Å². The number of ether oxygens (including phenoxy) is 4. The lowest BCUT2D eigenvalue weighted by atomic mass is 9.93. The SMILES string of the molecule is COC(=O)OCOc1c2n(ccc1=O)N([C@@H]1c3ccccc3SCc3cccc(F)c31)[C@@H]1COC3(CC3)CN1C2=O. The Morgan fingerprint density at radius 1 is 1.15 bits per heavy atom. The summed E-state index contributed by atoms with van der Waals surface area (Å²) in [6.45, 7) is -0.112. The normalized spacial score (nSPS) is 21.7. The molecule has 4 aliphatic rings. The second-order valence-electron chi connectivity index (χ2n) is 10.4. The van der Waals surface area contributed by atoms with Gasteiger partial charge in [0.2, 0.25) is 18.0 Å². The van der Waals surface area contributed by atoms with Gasteiger partial charge in [-0.25, -0.2) is 9.18 Å². The molecule has 2 fully saturated rings. The maximum atomic E-state index is 15.9. The van der Waals surface area contributed by atoms with Crippen LogP contribution in [0.2, 0.25) is 0 Å². The first-order valence-corrected chi connectivity index (χ1v) is 14.2. The number of nitrogens with zero attached hydrogens (tertiary/aromatic N) is 3. The molecule has 12 heteroatoms. The van der Waals surface area contributed by atoms with Crippen LogP contribution >= 0.6 is 11.8 Å². The summed E-state index contributed by atoms with van der Waals surface area (Å²) >= 11 is 1.62. The lowest BCUT2D eigenvalue weighted by Gasteiger charge is -2.53. The van der Waals surface area contributed by atoms with Gasteiger partial charge in [0, 0.05) is 28.5 Å². The number of hydrogen-bond donors (Lipinski definition) is 0. The van der Waals surface area contributed by atoms with Crippen molar-refractivity contribution in [3.05, 3.63) is 93.2 Å². The van der Waals surface area contributed by atoms with Crippen LogP contribution in [0.3, 0.4) is 0 Å². The molecule has 7 rings (SSSR count). The lowest BCUT2D eigenvalue weighted by Crippen LogP contribution is -2.68. The van der Waals surface area contributed by atoms with Crippen LogP contribution in [0, 0.1) is 5.82 Å². The monoisotopic (exact) mass is 579 g/mol. The first kappa shape index (κ1) is 25.9. The number of carbonyl (C=O) groups excluding carboxylic acids is 2. The molecule has 1 aromatic heterocycles. The minimum absolute atomic E-state index is 0.0350. The molecule has 1 saturated heterocycles. The van der Waals surface area contributed by atoms with Gasteiger partial charge in [-0.05, 0) is 36.1 Å². The van der Waals surface area contributed by atoms with Crippen molar-refractivity contribution < 1.29 is 32.9 Å². The lowest BCUT2D eigenvalue weighted by molar-refractivity contribution is -0.0793. The quantitative estimate of drug-likeness (QED) is 0.338. The number of morpholine rings is 1. The molecule has 2 aromatic carbocycles. The Balaban J connectivity index is 1.44. The van der Waals surface area contributed by atoms with Crippen molar-refractivity contribution in [2.24, 2.45) is 0 Å². The fourth-order valence-corrected chi connectivity index (χ4v) is 7.00. The predicted octanol–water partition coefficient (Wildman–Crippen LogP) is 3.78. The summed E-state index contributed by atoms with van der Waals surface area (Å²) in [5.74, 6) is -0.491. The van der Waals surface area contributed by atoms with Gasteiger partial charge in [0.1, 0.15) is 18.0 Å². The van der Waals surface area contributed by atoms with Crippen molar-refractivity contribution in [1.82, 2.24) is 9.58 Å². The third-order valence-electron chi connectivity index (χ3n) is 8.04. The minimum Gasteiger partial charge on any atom is -0.451 e. The molecule has 3 aromatic rings. The molecular weight excluding hydrogens is 553 g/mol. The molecule has 1 saturated carbocycles. The average Bonchev–Trinajstić information content (AvgIpc) is 3.76. The van der Waals surface area contributed by atoms with E-state index in [4.69, 9.17) is 14.2 Å². The van der Waals surface area contributed by atoms with Crippen molar-refractivity contribution in [3.63, 3.8) is 0 Å². The Hall–Kier alpha value is -4.03. The van der Waals surface area contributed by atoms with Crippen molar-refractivity contribution in [3.8, 4) is 5.75 Å².